The lowest BCUT2D eigenvalue weighted by molar-refractivity contribution is -0.115. The van der Waals surface area contributed by atoms with Gasteiger partial charge in [0, 0.05) is 36.0 Å². The lowest BCUT2D eigenvalue weighted by Gasteiger charge is -2.11. The summed E-state index contributed by atoms with van der Waals surface area (Å²) in [5, 5.41) is 8.80. The molecular weight excluding hydrogens is 380 g/mol. The van der Waals surface area contributed by atoms with E-state index < -0.39 is 6.03 Å². The van der Waals surface area contributed by atoms with Gasteiger partial charge in [-0.3, -0.25) is 4.79 Å². The van der Waals surface area contributed by atoms with Gasteiger partial charge >= 0.3 is 6.03 Å². The van der Waals surface area contributed by atoms with Gasteiger partial charge in [-0.15, -0.1) is 0 Å². The van der Waals surface area contributed by atoms with Crippen molar-refractivity contribution in [2.75, 3.05) is 30.2 Å². The highest BCUT2D eigenvalue weighted by atomic mass is 32.1. The molecule has 0 spiro atoms. The van der Waals surface area contributed by atoms with Crippen molar-refractivity contribution in [3.8, 4) is 11.5 Å². The number of carbonyl (C=O) groups excluding carboxylic acids is 2. The highest BCUT2D eigenvalue weighted by molar-refractivity contribution is 7.22. The number of benzene rings is 2. The molecule has 3 aromatic rings. The number of nitrogens with zero attached hydrogens (tertiary/aromatic N) is 1. The number of ether oxygens (including phenoxy) is 2. The van der Waals surface area contributed by atoms with Gasteiger partial charge in [-0.25, -0.2) is 9.78 Å². The molecule has 0 aliphatic carbocycles. The number of hydrogen-bond donors (Lipinski definition) is 3. The summed E-state index contributed by atoms with van der Waals surface area (Å²) in [6.45, 7) is 1.78. The zero-order valence-electron chi connectivity index (χ0n) is 15.7. The minimum Gasteiger partial charge on any atom is -0.497 e. The molecule has 0 aliphatic heterocycles. The minimum absolute atomic E-state index is 0.0921. The smallest absolute Gasteiger partial charge is 0.323 e. The first-order valence-corrected chi connectivity index (χ1v) is 9.34. The van der Waals surface area contributed by atoms with Gasteiger partial charge in [0.2, 0.25) is 5.91 Å². The summed E-state index contributed by atoms with van der Waals surface area (Å²) in [6.07, 6.45) is 0.387. The monoisotopic (exact) mass is 400 g/mol. The van der Waals surface area contributed by atoms with Gasteiger partial charge in [0.05, 0.1) is 24.4 Å². The van der Waals surface area contributed by atoms with E-state index in [4.69, 9.17) is 9.47 Å². The summed E-state index contributed by atoms with van der Waals surface area (Å²) in [7, 11) is 3.08. The van der Waals surface area contributed by atoms with Crippen LogP contribution in [0.15, 0.2) is 36.4 Å². The van der Waals surface area contributed by atoms with Crippen molar-refractivity contribution in [1.29, 1.82) is 0 Å². The number of fused-ring (bicyclic) bond motifs is 1. The molecule has 3 amide bonds. The molecule has 0 unspecified atom stereocenters. The Labute approximate surface area is 165 Å². The van der Waals surface area contributed by atoms with Crippen LogP contribution >= 0.6 is 11.3 Å². The topological polar surface area (TPSA) is 102 Å². The molecule has 3 N–H and O–H groups in total. The maximum atomic E-state index is 12.3. The second-order valence-corrected chi connectivity index (χ2v) is 6.81. The molecule has 0 bridgehead atoms. The Hall–Kier alpha value is -3.33. The molecule has 3 rings (SSSR count). The minimum atomic E-state index is -0.404. The Balaban J connectivity index is 1.71. The van der Waals surface area contributed by atoms with Crippen LogP contribution in [0, 0.1) is 0 Å². The van der Waals surface area contributed by atoms with Gasteiger partial charge in [0.1, 0.15) is 11.5 Å². The van der Waals surface area contributed by atoms with Crippen molar-refractivity contribution < 1.29 is 19.1 Å². The van der Waals surface area contributed by atoms with E-state index >= 15 is 0 Å². The van der Waals surface area contributed by atoms with Crippen LogP contribution < -0.4 is 25.4 Å². The molecule has 1 aromatic heterocycles. The van der Waals surface area contributed by atoms with E-state index in [9.17, 15) is 9.59 Å². The zero-order valence-corrected chi connectivity index (χ0v) is 16.5. The molecule has 0 saturated heterocycles. The average Bonchev–Trinajstić information content (AvgIpc) is 3.08. The standard InChI is InChI=1S/C19H20N4O4S/c1-4-17(24)23-19-22-15-6-5-11(9-16(15)28-19)20-18(25)21-12-7-13(26-2)10-14(8-12)27-3/h5-10H,4H2,1-3H3,(H2,20,21,25)(H,22,23,24). The number of urea groups is 1. The number of anilines is 3. The first-order chi connectivity index (χ1) is 13.5. The van der Waals surface area contributed by atoms with Crippen molar-refractivity contribution in [3.63, 3.8) is 0 Å². The Morgan fingerprint density at radius 3 is 2.29 bits per heavy atom. The van der Waals surface area contributed by atoms with Crippen LogP contribution in [0.1, 0.15) is 13.3 Å². The third-order valence-electron chi connectivity index (χ3n) is 3.82. The number of thiazole rings is 1. The molecule has 28 heavy (non-hydrogen) atoms. The van der Waals surface area contributed by atoms with Gasteiger partial charge in [0.15, 0.2) is 5.13 Å². The van der Waals surface area contributed by atoms with Crippen LogP contribution in [0.5, 0.6) is 11.5 Å². The first-order valence-electron chi connectivity index (χ1n) is 8.52. The van der Waals surface area contributed by atoms with E-state index in [1.807, 2.05) is 0 Å². The highest BCUT2D eigenvalue weighted by Crippen LogP contribution is 2.29. The molecule has 2 aromatic carbocycles. The fourth-order valence-electron chi connectivity index (χ4n) is 2.44. The van der Waals surface area contributed by atoms with E-state index in [0.29, 0.717) is 34.4 Å². The number of aromatic nitrogens is 1. The van der Waals surface area contributed by atoms with Crippen molar-refractivity contribution >= 4 is 50.0 Å². The van der Waals surface area contributed by atoms with Crippen LogP contribution in [0.2, 0.25) is 0 Å². The van der Waals surface area contributed by atoms with Gasteiger partial charge in [-0.2, -0.15) is 0 Å². The Bertz CT molecular complexity index is 996. The second kappa shape index (κ2) is 8.57. The number of rotatable bonds is 6. The number of hydrogen-bond acceptors (Lipinski definition) is 6. The fraction of sp³-hybridized carbons (Fsp3) is 0.211. The maximum Gasteiger partial charge on any atom is 0.323 e. The summed E-state index contributed by atoms with van der Waals surface area (Å²) in [6, 6.07) is 10.0. The molecule has 8 nitrogen and oxygen atoms in total. The Kier molecular flexibility index (Phi) is 5.95. The maximum absolute atomic E-state index is 12.3. The van der Waals surface area contributed by atoms with Crippen LogP contribution in [0.25, 0.3) is 10.2 Å². The van der Waals surface area contributed by atoms with Crippen LogP contribution in [0.4, 0.5) is 21.3 Å². The third kappa shape index (κ3) is 4.68. The lowest BCUT2D eigenvalue weighted by atomic mass is 10.2. The zero-order chi connectivity index (χ0) is 20.1. The van der Waals surface area contributed by atoms with Gasteiger partial charge in [-0.1, -0.05) is 18.3 Å². The number of carbonyl (C=O) groups is 2. The summed E-state index contributed by atoms with van der Waals surface area (Å²) < 4.78 is 11.2. The molecule has 0 fully saturated rings. The molecule has 146 valence electrons. The molecule has 1 heterocycles. The molecule has 0 aliphatic rings. The summed E-state index contributed by atoms with van der Waals surface area (Å²) in [4.78, 5) is 28.2. The normalized spacial score (nSPS) is 10.4. The van der Waals surface area contributed by atoms with Crippen LogP contribution in [0.3, 0.4) is 0 Å². The Morgan fingerprint density at radius 2 is 1.64 bits per heavy atom. The third-order valence-corrected chi connectivity index (χ3v) is 4.76. The van der Waals surface area contributed by atoms with Crippen molar-refractivity contribution in [3.05, 3.63) is 36.4 Å². The van der Waals surface area contributed by atoms with E-state index in [2.05, 4.69) is 20.9 Å². The average molecular weight is 400 g/mol. The van der Waals surface area contributed by atoms with Crippen LogP contribution in [-0.4, -0.2) is 31.1 Å². The molecule has 0 radical (unpaired) electrons. The molecule has 9 heteroatoms. The second-order valence-electron chi connectivity index (χ2n) is 5.78. The van der Waals surface area contributed by atoms with Gasteiger partial charge < -0.3 is 25.4 Å². The largest absolute Gasteiger partial charge is 0.497 e. The lowest BCUT2D eigenvalue weighted by Crippen LogP contribution is -2.19. The van der Waals surface area contributed by atoms with Crippen molar-refractivity contribution in [2.45, 2.75) is 13.3 Å². The van der Waals surface area contributed by atoms with Gasteiger partial charge in [0.25, 0.3) is 0 Å². The highest BCUT2D eigenvalue weighted by Gasteiger charge is 2.10. The summed E-state index contributed by atoms with van der Waals surface area (Å²) >= 11 is 1.35. The van der Waals surface area contributed by atoms with E-state index in [1.54, 1.807) is 57.5 Å². The van der Waals surface area contributed by atoms with Crippen molar-refractivity contribution in [2.24, 2.45) is 0 Å². The van der Waals surface area contributed by atoms with Crippen LogP contribution in [-0.2, 0) is 4.79 Å². The Morgan fingerprint density at radius 1 is 0.964 bits per heavy atom. The quantitative estimate of drug-likeness (QED) is 0.572. The molecule has 0 atom stereocenters. The number of nitrogens with one attached hydrogen (secondary N) is 3. The predicted molar refractivity (Wildman–Crippen MR) is 111 cm³/mol. The first kappa shape index (κ1) is 19.4. The van der Waals surface area contributed by atoms with Gasteiger partial charge in [-0.05, 0) is 18.2 Å². The number of amides is 3. The molecule has 0 saturated carbocycles. The van der Waals surface area contributed by atoms with E-state index in [0.717, 1.165) is 10.2 Å². The molecular formula is C19H20N4O4S. The fourth-order valence-corrected chi connectivity index (χ4v) is 3.36. The predicted octanol–water partition coefficient (Wildman–Crippen LogP) is 4.31. The summed E-state index contributed by atoms with van der Waals surface area (Å²) in [5.41, 5.74) is 1.90. The number of methoxy groups -OCH3 is 2. The van der Waals surface area contributed by atoms with E-state index in [1.165, 1.54) is 11.3 Å². The van der Waals surface area contributed by atoms with Crippen molar-refractivity contribution in [1.82, 2.24) is 4.98 Å². The SMILES string of the molecule is CCC(=O)Nc1nc2ccc(NC(=O)Nc3cc(OC)cc(OC)c3)cc2s1. The summed E-state index contributed by atoms with van der Waals surface area (Å²) in [5.74, 6) is 1.05. The van der Waals surface area contributed by atoms with E-state index in [-0.39, 0.29) is 5.91 Å².